The van der Waals surface area contributed by atoms with Crippen molar-refractivity contribution in [2.75, 3.05) is 6.54 Å². The summed E-state index contributed by atoms with van der Waals surface area (Å²) in [6, 6.07) is 10.9. The van der Waals surface area contributed by atoms with Gasteiger partial charge in [0.15, 0.2) is 0 Å². The standard InChI is InChI=1S/C22H17Cl2NO6S/c1-12(2)30-19(26)11-25-20(27)18(32-22(25)29)9-13-5-3-4-6-17(13)31-21(28)15-8-7-14(23)10-16(15)24/h3-10,12H,11H2,1-2H3/b18-9-. The van der Waals surface area contributed by atoms with Crippen molar-refractivity contribution in [1.29, 1.82) is 0 Å². The quantitative estimate of drug-likeness (QED) is 0.310. The maximum absolute atomic E-state index is 12.6. The van der Waals surface area contributed by atoms with E-state index in [1.165, 1.54) is 30.3 Å². The lowest BCUT2D eigenvalue weighted by Gasteiger charge is -2.13. The molecule has 2 aromatic carbocycles. The van der Waals surface area contributed by atoms with Crippen LogP contribution in [0.3, 0.4) is 0 Å². The highest BCUT2D eigenvalue weighted by Gasteiger charge is 2.37. The van der Waals surface area contributed by atoms with Crippen LogP contribution in [0.5, 0.6) is 5.75 Å². The van der Waals surface area contributed by atoms with Crippen LogP contribution in [0.25, 0.3) is 6.08 Å². The molecular weight excluding hydrogens is 477 g/mol. The zero-order valence-corrected chi connectivity index (χ0v) is 19.3. The van der Waals surface area contributed by atoms with Crippen LogP contribution in [0, 0.1) is 0 Å². The number of carbonyl (C=O) groups is 4. The molecule has 0 N–H and O–H groups in total. The second-order valence-electron chi connectivity index (χ2n) is 6.86. The smallest absolute Gasteiger partial charge is 0.345 e. The summed E-state index contributed by atoms with van der Waals surface area (Å²) < 4.78 is 10.4. The lowest BCUT2D eigenvalue weighted by atomic mass is 10.1. The molecule has 7 nitrogen and oxygen atoms in total. The molecule has 0 aliphatic carbocycles. The summed E-state index contributed by atoms with van der Waals surface area (Å²) in [5, 5.41) is -0.0845. The molecule has 0 bridgehead atoms. The van der Waals surface area contributed by atoms with Crippen LogP contribution in [-0.4, -0.2) is 40.6 Å². The third-order valence-electron chi connectivity index (χ3n) is 4.09. The molecule has 1 aliphatic heterocycles. The Labute approximate surface area is 198 Å². The predicted molar refractivity (Wildman–Crippen MR) is 122 cm³/mol. The molecule has 1 heterocycles. The SMILES string of the molecule is CC(C)OC(=O)CN1C(=O)S/C(=C\c2ccccc2OC(=O)c2ccc(Cl)cc2Cl)C1=O. The Morgan fingerprint density at radius 2 is 1.84 bits per heavy atom. The Morgan fingerprint density at radius 1 is 1.12 bits per heavy atom. The van der Waals surface area contributed by atoms with Gasteiger partial charge in [0.1, 0.15) is 12.3 Å². The molecular formula is C22H17Cl2NO6S. The topological polar surface area (TPSA) is 90.0 Å². The van der Waals surface area contributed by atoms with Gasteiger partial charge in [0.25, 0.3) is 11.1 Å². The summed E-state index contributed by atoms with van der Waals surface area (Å²) in [7, 11) is 0. The number of ether oxygens (including phenoxy) is 2. The summed E-state index contributed by atoms with van der Waals surface area (Å²) in [4.78, 5) is 50.2. The number of esters is 2. The van der Waals surface area contributed by atoms with E-state index < -0.39 is 29.6 Å². The number of carbonyl (C=O) groups excluding carboxylic acids is 4. The number of para-hydroxylation sites is 1. The molecule has 1 aliphatic rings. The highest BCUT2D eigenvalue weighted by atomic mass is 35.5. The van der Waals surface area contributed by atoms with Gasteiger partial charge in [-0.15, -0.1) is 0 Å². The molecule has 166 valence electrons. The third-order valence-corrected chi connectivity index (χ3v) is 5.54. The molecule has 3 rings (SSSR count). The number of hydrogen-bond donors (Lipinski definition) is 0. The minimum atomic E-state index is -0.711. The van der Waals surface area contributed by atoms with Gasteiger partial charge < -0.3 is 9.47 Å². The summed E-state index contributed by atoms with van der Waals surface area (Å²) in [6.07, 6.45) is 1.05. The van der Waals surface area contributed by atoms with Crippen LogP contribution < -0.4 is 4.74 Å². The Morgan fingerprint density at radius 3 is 2.53 bits per heavy atom. The largest absolute Gasteiger partial charge is 0.462 e. The van der Waals surface area contributed by atoms with E-state index in [2.05, 4.69) is 0 Å². The summed E-state index contributed by atoms with van der Waals surface area (Å²) in [5.41, 5.74) is 0.510. The first-order chi connectivity index (χ1) is 15.2. The van der Waals surface area contributed by atoms with Crippen LogP contribution >= 0.6 is 35.0 Å². The summed E-state index contributed by atoms with van der Waals surface area (Å²) in [5.74, 6) is -1.87. The lowest BCUT2D eigenvalue weighted by Crippen LogP contribution is -2.35. The zero-order chi connectivity index (χ0) is 23.4. The van der Waals surface area contributed by atoms with Crippen LogP contribution in [-0.2, 0) is 14.3 Å². The van der Waals surface area contributed by atoms with E-state index in [1.54, 1.807) is 32.0 Å². The molecule has 0 radical (unpaired) electrons. The minimum absolute atomic E-state index is 0.0837. The first-order valence-corrected chi connectivity index (χ1v) is 10.9. The van der Waals surface area contributed by atoms with E-state index >= 15 is 0 Å². The van der Waals surface area contributed by atoms with Crippen molar-refractivity contribution in [1.82, 2.24) is 4.90 Å². The maximum Gasteiger partial charge on any atom is 0.345 e. The number of nitrogens with zero attached hydrogens (tertiary/aromatic N) is 1. The fraction of sp³-hybridized carbons (Fsp3) is 0.182. The normalized spacial score (nSPS) is 14.9. The number of rotatable bonds is 6. The van der Waals surface area contributed by atoms with E-state index in [9.17, 15) is 19.2 Å². The van der Waals surface area contributed by atoms with Crippen LogP contribution in [0.4, 0.5) is 4.79 Å². The Balaban J connectivity index is 1.81. The molecule has 0 aromatic heterocycles. The number of halogens is 2. The van der Waals surface area contributed by atoms with Gasteiger partial charge in [-0.3, -0.25) is 19.3 Å². The Bertz CT molecular complexity index is 1130. The molecule has 1 fully saturated rings. The van der Waals surface area contributed by atoms with Gasteiger partial charge in [0, 0.05) is 10.6 Å². The fourth-order valence-electron chi connectivity index (χ4n) is 2.71. The van der Waals surface area contributed by atoms with Gasteiger partial charge in [0.05, 0.1) is 21.6 Å². The molecule has 0 spiro atoms. The fourth-order valence-corrected chi connectivity index (χ4v) is 4.02. The number of thioether (sulfide) groups is 1. The highest BCUT2D eigenvalue weighted by molar-refractivity contribution is 8.18. The number of hydrogen-bond acceptors (Lipinski definition) is 7. The number of amides is 2. The van der Waals surface area contributed by atoms with Crippen molar-refractivity contribution < 1.29 is 28.7 Å². The average molecular weight is 494 g/mol. The van der Waals surface area contributed by atoms with E-state index in [1.807, 2.05) is 0 Å². The third kappa shape index (κ3) is 5.70. The van der Waals surface area contributed by atoms with Gasteiger partial charge in [-0.05, 0) is 56.0 Å². The van der Waals surface area contributed by atoms with Crippen molar-refractivity contribution >= 4 is 64.1 Å². The zero-order valence-electron chi connectivity index (χ0n) is 17.0. The predicted octanol–water partition coefficient (Wildman–Crippen LogP) is 5.20. The van der Waals surface area contributed by atoms with E-state index in [4.69, 9.17) is 32.7 Å². The van der Waals surface area contributed by atoms with Crippen LogP contribution in [0.15, 0.2) is 47.4 Å². The Kier molecular flexibility index (Phi) is 7.60. The monoisotopic (exact) mass is 493 g/mol. The Hall–Kier alpha value is -2.81. The molecule has 10 heteroatoms. The molecule has 0 unspecified atom stereocenters. The molecule has 0 atom stereocenters. The van der Waals surface area contributed by atoms with Gasteiger partial charge >= 0.3 is 11.9 Å². The van der Waals surface area contributed by atoms with Gasteiger partial charge in [0.2, 0.25) is 0 Å². The lowest BCUT2D eigenvalue weighted by molar-refractivity contribution is -0.149. The maximum atomic E-state index is 12.6. The molecule has 1 saturated heterocycles. The number of imide groups is 1. The summed E-state index contributed by atoms with van der Waals surface area (Å²) >= 11 is 12.6. The average Bonchev–Trinajstić information content (AvgIpc) is 2.96. The van der Waals surface area contributed by atoms with Gasteiger partial charge in [-0.2, -0.15) is 0 Å². The minimum Gasteiger partial charge on any atom is -0.462 e. The molecule has 32 heavy (non-hydrogen) atoms. The number of benzene rings is 2. The van der Waals surface area contributed by atoms with Crippen LogP contribution in [0.2, 0.25) is 10.0 Å². The van der Waals surface area contributed by atoms with E-state index in [0.717, 1.165) is 4.90 Å². The molecule has 2 amide bonds. The second kappa shape index (κ2) is 10.2. The highest BCUT2D eigenvalue weighted by Crippen LogP contribution is 2.34. The van der Waals surface area contributed by atoms with Crippen molar-refractivity contribution in [3.8, 4) is 5.75 Å². The molecule has 0 saturated carbocycles. The van der Waals surface area contributed by atoms with Crippen LogP contribution in [0.1, 0.15) is 29.8 Å². The van der Waals surface area contributed by atoms with Crippen molar-refractivity contribution in [3.63, 3.8) is 0 Å². The molecule has 2 aromatic rings. The van der Waals surface area contributed by atoms with E-state index in [0.29, 0.717) is 22.3 Å². The first-order valence-electron chi connectivity index (χ1n) is 9.37. The van der Waals surface area contributed by atoms with Gasteiger partial charge in [-0.1, -0.05) is 41.4 Å². The second-order valence-corrected chi connectivity index (χ2v) is 8.69. The van der Waals surface area contributed by atoms with Crippen molar-refractivity contribution in [3.05, 3.63) is 68.5 Å². The first kappa shape index (κ1) is 23.8. The van der Waals surface area contributed by atoms with Gasteiger partial charge in [-0.25, -0.2) is 4.79 Å². The summed E-state index contributed by atoms with van der Waals surface area (Å²) in [6.45, 7) is 2.86. The van der Waals surface area contributed by atoms with E-state index in [-0.39, 0.29) is 27.3 Å². The van der Waals surface area contributed by atoms with Crippen molar-refractivity contribution in [2.24, 2.45) is 0 Å². The van der Waals surface area contributed by atoms with Crippen molar-refractivity contribution in [2.45, 2.75) is 20.0 Å².